The largest absolute Gasteiger partial charge is 0.366 e. The highest BCUT2D eigenvalue weighted by Gasteiger charge is 2.08. The van der Waals surface area contributed by atoms with Crippen LogP contribution in [0.5, 0.6) is 0 Å². The van der Waals surface area contributed by atoms with Gasteiger partial charge in [0, 0.05) is 17.8 Å². The number of benzene rings is 2. The molecule has 0 saturated heterocycles. The Morgan fingerprint density at radius 2 is 1.92 bits per heavy atom. The molecule has 0 aromatic heterocycles. The third kappa shape index (κ3) is 4.47. The summed E-state index contributed by atoms with van der Waals surface area (Å²) in [5.74, 6) is 5.03. The molecule has 7 heteroatoms. The van der Waals surface area contributed by atoms with Gasteiger partial charge in [0.05, 0.1) is 5.69 Å². The van der Waals surface area contributed by atoms with Crippen molar-refractivity contribution in [1.29, 1.82) is 0 Å². The number of hydrogen-bond acceptors (Lipinski definition) is 4. The highest BCUT2D eigenvalue weighted by Crippen LogP contribution is 2.22. The Morgan fingerprint density at radius 1 is 1.12 bits per heavy atom. The van der Waals surface area contributed by atoms with E-state index in [0.717, 1.165) is 11.1 Å². The van der Waals surface area contributed by atoms with Crippen LogP contribution in [0.25, 0.3) is 0 Å². The van der Waals surface area contributed by atoms with E-state index < -0.39 is 5.91 Å². The Balaban J connectivity index is 2.23. The van der Waals surface area contributed by atoms with E-state index in [2.05, 4.69) is 16.1 Å². The summed E-state index contributed by atoms with van der Waals surface area (Å²) >= 11 is 0. The van der Waals surface area contributed by atoms with Crippen LogP contribution in [0.2, 0.25) is 0 Å². The number of hydrogen-bond donors (Lipinski definition) is 5. The third-order valence-electron chi connectivity index (χ3n) is 3.46. The Hall–Kier alpha value is -3.06. The number of rotatable bonds is 6. The van der Waals surface area contributed by atoms with Crippen molar-refractivity contribution in [3.05, 3.63) is 59.2 Å². The monoisotopic (exact) mass is 327 g/mol. The van der Waals surface area contributed by atoms with Crippen LogP contribution in [-0.2, 0) is 6.42 Å². The standard InChI is InChI=1S/C17H21N5O2/c1-2-20-17(24)21-14-5-3-4-11(9-14)8-13-10-12(16(18)23)6-7-15(13)22-19/h3-7,9-10,22H,2,8,19H2,1H3,(H2,18,23)(H2,20,21,24). The number of carbonyl (C=O) groups is 2. The van der Waals surface area contributed by atoms with Crippen LogP contribution in [0, 0.1) is 0 Å². The molecule has 0 aliphatic heterocycles. The predicted octanol–water partition coefficient (Wildman–Crippen LogP) is 1.80. The van der Waals surface area contributed by atoms with Crippen LogP contribution >= 0.6 is 0 Å². The smallest absolute Gasteiger partial charge is 0.319 e. The average molecular weight is 327 g/mol. The van der Waals surface area contributed by atoms with Crippen molar-refractivity contribution in [1.82, 2.24) is 5.32 Å². The fourth-order valence-electron chi connectivity index (χ4n) is 2.35. The number of nitrogens with two attached hydrogens (primary N) is 2. The molecule has 2 rings (SSSR count). The quantitative estimate of drug-likeness (QED) is 0.410. The first kappa shape index (κ1) is 17.3. The third-order valence-corrected chi connectivity index (χ3v) is 3.46. The lowest BCUT2D eigenvalue weighted by molar-refractivity contribution is 0.1000. The molecule has 0 radical (unpaired) electrons. The Kier molecular flexibility index (Phi) is 5.75. The zero-order chi connectivity index (χ0) is 17.5. The molecule has 7 nitrogen and oxygen atoms in total. The highest BCUT2D eigenvalue weighted by molar-refractivity contribution is 5.93. The molecule has 0 spiro atoms. The van der Waals surface area contributed by atoms with Crippen molar-refractivity contribution in [2.75, 3.05) is 17.3 Å². The van der Waals surface area contributed by atoms with Gasteiger partial charge in [-0.2, -0.15) is 0 Å². The molecule has 7 N–H and O–H groups in total. The van der Waals surface area contributed by atoms with Crippen molar-refractivity contribution in [3.63, 3.8) is 0 Å². The second-order valence-corrected chi connectivity index (χ2v) is 5.24. The van der Waals surface area contributed by atoms with Gasteiger partial charge in [-0.25, -0.2) is 4.79 Å². The second kappa shape index (κ2) is 7.98. The van der Waals surface area contributed by atoms with Gasteiger partial charge in [0.2, 0.25) is 5.91 Å². The van der Waals surface area contributed by atoms with Crippen LogP contribution in [0.15, 0.2) is 42.5 Å². The zero-order valence-electron chi connectivity index (χ0n) is 13.4. The molecule has 0 unspecified atom stereocenters. The Morgan fingerprint density at radius 3 is 2.58 bits per heavy atom. The van der Waals surface area contributed by atoms with E-state index in [1.54, 1.807) is 24.3 Å². The average Bonchev–Trinajstić information content (AvgIpc) is 2.55. The van der Waals surface area contributed by atoms with E-state index in [9.17, 15) is 9.59 Å². The lowest BCUT2D eigenvalue weighted by Gasteiger charge is -2.12. The molecule has 0 fully saturated rings. The van der Waals surface area contributed by atoms with E-state index >= 15 is 0 Å². The fourth-order valence-corrected chi connectivity index (χ4v) is 2.35. The molecule has 3 amide bonds. The van der Waals surface area contributed by atoms with Gasteiger partial charge in [0.15, 0.2) is 0 Å². The van der Waals surface area contributed by atoms with Crippen molar-refractivity contribution < 1.29 is 9.59 Å². The molecular weight excluding hydrogens is 306 g/mol. The Labute approximate surface area is 140 Å². The minimum atomic E-state index is -0.494. The van der Waals surface area contributed by atoms with Gasteiger partial charge >= 0.3 is 6.03 Å². The van der Waals surface area contributed by atoms with E-state index in [-0.39, 0.29) is 6.03 Å². The maximum absolute atomic E-state index is 11.6. The molecule has 2 aromatic rings. The van der Waals surface area contributed by atoms with Gasteiger partial charge in [0.1, 0.15) is 0 Å². The van der Waals surface area contributed by atoms with Gasteiger partial charge in [0.25, 0.3) is 0 Å². The minimum Gasteiger partial charge on any atom is -0.366 e. The van der Waals surface area contributed by atoms with Crippen LogP contribution in [0.3, 0.4) is 0 Å². The first-order chi connectivity index (χ1) is 11.5. The van der Waals surface area contributed by atoms with Crippen LogP contribution in [0.1, 0.15) is 28.4 Å². The number of carbonyl (C=O) groups excluding carboxylic acids is 2. The number of nitrogens with one attached hydrogen (secondary N) is 3. The van der Waals surface area contributed by atoms with Gasteiger partial charge in [-0.3, -0.25) is 10.6 Å². The summed E-state index contributed by atoms with van der Waals surface area (Å²) in [7, 11) is 0. The fraction of sp³-hybridized carbons (Fsp3) is 0.176. The lowest BCUT2D eigenvalue weighted by Crippen LogP contribution is -2.28. The zero-order valence-corrected chi connectivity index (χ0v) is 13.4. The normalized spacial score (nSPS) is 10.1. The molecule has 2 aromatic carbocycles. The van der Waals surface area contributed by atoms with Crippen molar-refractivity contribution in [3.8, 4) is 0 Å². The SMILES string of the molecule is CCNC(=O)Nc1cccc(Cc2cc(C(N)=O)ccc2NN)c1. The van der Waals surface area contributed by atoms with Crippen LogP contribution in [-0.4, -0.2) is 18.5 Å². The van der Waals surface area contributed by atoms with E-state index in [0.29, 0.717) is 29.9 Å². The summed E-state index contributed by atoms with van der Waals surface area (Å²) in [6.07, 6.45) is 0.533. The summed E-state index contributed by atoms with van der Waals surface area (Å²) in [4.78, 5) is 23.0. The minimum absolute atomic E-state index is 0.255. The Bertz CT molecular complexity index is 746. The van der Waals surface area contributed by atoms with Crippen LogP contribution < -0.4 is 27.6 Å². The predicted molar refractivity (Wildman–Crippen MR) is 94.7 cm³/mol. The summed E-state index contributed by atoms with van der Waals surface area (Å²) in [5.41, 5.74) is 11.6. The second-order valence-electron chi connectivity index (χ2n) is 5.24. The number of amides is 3. The number of anilines is 2. The van der Waals surface area contributed by atoms with Gasteiger partial charge < -0.3 is 21.8 Å². The van der Waals surface area contributed by atoms with Crippen LogP contribution in [0.4, 0.5) is 16.2 Å². The summed E-state index contributed by atoms with van der Waals surface area (Å²) < 4.78 is 0. The van der Waals surface area contributed by atoms with Crippen molar-refractivity contribution in [2.24, 2.45) is 11.6 Å². The van der Waals surface area contributed by atoms with E-state index in [1.807, 2.05) is 25.1 Å². The van der Waals surface area contributed by atoms with E-state index in [4.69, 9.17) is 11.6 Å². The summed E-state index contributed by atoms with van der Waals surface area (Å²) in [6.45, 7) is 2.40. The van der Waals surface area contributed by atoms with Gasteiger partial charge in [-0.15, -0.1) is 0 Å². The van der Waals surface area contributed by atoms with Gasteiger partial charge in [-0.1, -0.05) is 12.1 Å². The maximum Gasteiger partial charge on any atom is 0.319 e. The van der Waals surface area contributed by atoms with Crippen molar-refractivity contribution >= 4 is 23.3 Å². The first-order valence-electron chi connectivity index (χ1n) is 7.56. The molecule has 0 atom stereocenters. The number of nitrogen functional groups attached to an aromatic ring is 1. The molecular formula is C17H21N5O2. The highest BCUT2D eigenvalue weighted by atomic mass is 16.2. The molecule has 24 heavy (non-hydrogen) atoms. The van der Waals surface area contributed by atoms with E-state index in [1.165, 1.54) is 0 Å². The number of primary amides is 1. The molecule has 0 aliphatic rings. The maximum atomic E-state index is 11.6. The summed E-state index contributed by atoms with van der Waals surface area (Å²) in [6, 6.07) is 12.2. The first-order valence-corrected chi connectivity index (χ1v) is 7.56. The molecule has 0 saturated carbocycles. The van der Waals surface area contributed by atoms with Gasteiger partial charge in [-0.05, 0) is 54.8 Å². The summed E-state index contributed by atoms with van der Waals surface area (Å²) in [5, 5.41) is 5.44. The molecule has 126 valence electrons. The number of hydrazine groups is 1. The molecule has 0 bridgehead atoms. The topological polar surface area (TPSA) is 122 Å². The lowest BCUT2D eigenvalue weighted by atomic mass is 10.0. The molecule has 0 heterocycles. The van der Waals surface area contributed by atoms with Crippen molar-refractivity contribution in [2.45, 2.75) is 13.3 Å². The number of urea groups is 1. The molecule has 0 aliphatic carbocycles.